The van der Waals surface area contributed by atoms with Gasteiger partial charge in [-0.15, -0.1) is 0 Å². The average Bonchev–Trinajstić information content (AvgIpc) is 2.15. The van der Waals surface area contributed by atoms with Crippen LogP contribution in [0.1, 0.15) is 25.3 Å². The number of rotatable bonds is 4. The first kappa shape index (κ1) is 9.07. The van der Waals surface area contributed by atoms with E-state index in [-0.39, 0.29) is 0 Å². The van der Waals surface area contributed by atoms with E-state index in [1.807, 2.05) is 18.2 Å². The van der Waals surface area contributed by atoms with Crippen LogP contribution >= 0.6 is 0 Å². The van der Waals surface area contributed by atoms with E-state index in [2.05, 4.69) is 18.4 Å². The Balaban J connectivity index is 2.68. The molecule has 0 bridgehead atoms. The maximum absolute atomic E-state index is 5.37. The molecular weight excluding hydrogens is 148 g/mol. The van der Waals surface area contributed by atoms with Gasteiger partial charge in [0.2, 0.25) is 0 Å². The van der Waals surface area contributed by atoms with Gasteiger partial charge in [-0.25, -0.2) is 0 Å². The predicted molar refractivity (Wildman–Crippen MR) is 52.9 cm³/mol. The van der Waals surface area contributed by atoms with Gasteiger partial charge < -0.3 is 5.43 Å². The number of hydrogen-bond acceptors (Lipinski definition) is 2. The molecule has 2 nitrogen and oxygen atoms in total. The van der Waals surface area contributed by atoms with Gasteiger partial charge in [-0.1, -0.05) is 31.5 Å². The summed E-state index contributed by atoms with van der Waals surface area (Å²) in [7, 11) is 0. The maximum Gasteiger partial charge on any atom is 0.0517 e. The van der Waals surface area contributed by atoms with Gasteiger partial charge in [0.1, 0.15) is 0 Å². The molecule has 66 valence electrons. The van der Waals surface area contributed by atoms with Crippen LogP contribution in [0.5, 0.6) is 0 Å². The Labute approximate surface area is 73.8 Å². The molecule has 0 aliphatic rings. The molecule has 0 saturated carbocycles. The van der Waals surface area contributed by atoms with Crippen molar-refractivity contribution >= 4 is 5.69 Å². The fourth-order valence-corrected chi connectivity index (χ4v) is 1.25. The lowest BCUT2D eigenvalue weighted by Gasteiger charge is -2.06. The lowest BCUT2D eigenvalue weighted by atomic mass is 10.1. The van der Waals surface area contributed by atoms with Gasteiger partial charge in [0.05, 0.1) is 5.69 Å². The maximum atomic E-state index is 5.37. The Bertz CT molecular complexity index is 233. The normalized spacial score (nSPS) is 9.83. The highest BCUT2D eigenvalue weighted by atomic mass is 15.2. The van der Waals surface area contributed by atoms with Crippen molar-refractivity contribution in [1.29, 1.82) is 0 Å². The summed E-state index contributed by atoms with van der Waals surface area (Å²) < 4.78 is 0. The minimum atomic E-state index is 1.05. The zero-order valence-electron chi connectivity index (χ0n) is 7.51. The van der Waals surface area contributed by atoms with Crippen LogP contribution in [-0.2, 0) is 6.42 Å². The molecule has 0 aromatic heterocycles. The van der Waals surface area contributed by atoms with Crippen LogP contribution in [0.25, 0.3) is 0 Å². The quantitative estimate of drug-likeness (QED) is 0.529. The summed E-state index contributed by atoms with van der Waals surface area (Å²) in [5, 5.41) is 0. The molecule has 0 unspecified atom stereocenters. The van der Waals surface area contributed by atoms with E-state index in [1.165, 1.54) is 18.4 Å². The van der Waals surface area contributed by atoms with Gasteiger partial charge >= 0.3 is 0 Å². The smallest absolute Gasteiger partial charge is 0.0517 e. The minimum Gasteiger partial charge on any atom is -0.324 e. The summed E-state index contributed by atoms with van der Waals surface area (Å²) in [6, 6.07) is 8.16. The van der Waals surface area contributed by atoms with Crippen molar-refractivity contribution in [2.24, 2.45) is 5.84 Å². The summed E-state index contributed by atoms with van der Waals surface area (Å²) >= 11 is 0. The van der Waals surface area contributed by atoms with Crippen LogP contribution in [-0.4, -0.2) is 0 Å². The molecule has 1 aromatic carbocycles. The van der Waals surface area contributed by atoms with E-state index in [0.29, 0.717) is 0 Å². The third kappa shape index (κ3) is 2.24. The fourth-order valence-electron chi connectivity index (χ4n) is 1.25. The third-order valence-corrected chi connectivity index (χ3v) is 1.97. The summed E-state index contributed by atoms with van der Waals surface area (Å²) in [6.45, 7) is 2.19. The monoisotopic (exact) mass is 164 g/mol. The summed E-state index contributed by atoms with van der Waals surface area (Å²) in [4.78, 5) is 0. The molecule has 1 rings (SSSR count). The molecule has 0 saturated heterocycles. The second-order valence-corrected chi connectivity index (χ2v) is 2.91. The number of benzene rings is 1. The lowest BCUT2D eigenvalue weighted by Crippen LogP contribution is -2.08. The van der Waals surface area contributed by atoms with Crippen molar-refractivity contribution in [3.63, 3.8) is 0 Å². The molecule has 0 heterocycles. The van der Waals surface area contributed by atoms with Crippen LogP contribution in [0.4, 0.5) is 5.69 Å². The van der Waals surface area contributed by atoms with Gasteiger partial charge in [0, 0.05) is 0 Å². The highest BCUT2D eigenvalue weighted by molar-refractivity contribution is 5.49. The highest BCUT2D eigenvalue weighted by Crippen LogP contribution is 2.15. The molecule has 0 amide bonds. The molecule has 0 atom stereocenters. The average molecular weight is 164 g/mol. The number of anilines is 1. The Hall–Kier alpha value is -1.02. The van der Waals surface area contributed by atoms with E-state index < -0.39 is 0 Å². The highest BCUT2D eigenvalue weighted by Gasteiger charge is 1.97. The van der Waals surface area contributed by atoms with Crippen molar-refractivity contribution < 1.29 is 0 Å². The second-order valence-electron chi connectivity index (χ2n) is 2.91. The van der Waals surface area contributed by atoms with E-state index in [0.717, 1.165) is 12.1 Å². The van der Waals surface area contributed by atoms with Crippen molar-refractivity contribution in [2.75, 3.05) is 5.43 Å². The zero-order valence-corrected chi connectivity index (χ0v) is 7.51. The van der Waals surface area contributed by atoms with Gasteiger partial charge in [-0.2, -0.15) is 0 Å². The predicted octanol–water partition coefficient (Wildman–Crippen LogP) is 2.31. The molecule has 0 spiro atoms. The minimum absolute atomic E-state index is 1.05. The van der Waals surface area contributed by atoms with Crippen molar-refractivity contribution in [3.8, 4) is 0 Å². The first-order valence-corrected chi connectivity index (χ1v) is 4.43. The number of unbranched alkanes of at least 4 members (excludes halogenated alkanes) is 1. The van der Waals surface area contributed by atoms with Crippen molar-refractivity contribution in [2.45, 2.75) is 26.2 Å². The number of nitrogen functional groups attached to an aromatic ring is 1. The number of hydrogen-bond donors (Lipinski definition) is 2. The largest absolute Gasteiger partial charge is 0.324 e. The zero-order chi connectivity index (χ0) is 8.81. The summed E-state index contributed by atoms with van der Waals surface area (Å²) in [5.41, 5.74) is 5.06. The number of hydrazine groups is 1. The van der Waals surface area contributed by atoms with Crippen LogP contribution < -0.4 is 11.3 Å². The van der Waals surface area contributed by atoms with Crippen LogP contribution in [0, 0.1) is 0 Å². The van der Waals surface area contributed by atoms with Crippen LogP contribution in [0.15, 0.2) is 24.3 Å². The molecule has 0 aliphatic carbocycles. The van der Waals surface area contributed by atoms with Gasteiger partial charge in [-0.05, 0) is 24.5 Å². The standard InChI is InChI=1S/C10H16N2/c1-2-3-6-9-7-4-5-8-10(9)12-11/h4-5,7-8,12H,2-3,6,11H2,1H3. The molecule has 0 radical (unpaired) electrons. The molecule has 12 heavy (non-hydrogen) atoms. The van der Waals surface area contributed by atoms with Gasteiger partial charge in [-0.3, -0.25) is 5.84 Å². The summed E-state index contributed by atoms with van der Waals surface area (Å²) in [6.07, 6.45) is 3.55. The molecule has 0 aliphatic heterocycles. The molecular formula is C10H16N2. The number of nitrogens with two attached hydrogens (primary N) is 1. The number of para-hydroxylation sites is 1. The summed E-state index contributed by atoms with van der Waals surface area (Å²) in [5.74, 6) is 5.37. The van der Waals surface area contributed by atoms with Crippen LogP contribution in [0.2, 0.25) is 0 Å². The fraction of sp³-hybridized carbons (Fsp3) is 0.400. The second kappa shape index (κ2) is 4.78. The molecule has 2 heteroatoms. The Morgan fingerprint density at radius 3 is 2.75 bits per heavy atom. The van der Waals surface area contributed by atoms with E-state index in [1.54, 1.807) is 0 Å². The third-order valence-electron chi connectivity index (χ3n) is 1.97. The first-order chi connectivity index (χ1) is 5.88. The topological polar surface area (TPSA) is 38.0 Å². The molecule has 0 fully saturated rings. The SMILES string of the molecule is CCCCc1ccccc1NN. The van der Waals surface area contributed by atoms with E-state index >= 15 is 0 Å². The number of aryl methyl sites for hydroxylation is 1. The van der Waals surface area contributed by atoms with Crippen molar-refractivity contribution in [1.82, 2.24) is 0 Å². The van der Waals surface area contributed by atoms with E-state index in [4.69, 9.17) is 5.84 Å². The Morgan fingerprint density at radius 1 is 1.33 bits per heavy atom. The van der Waals surface area contributed by atoms with Crippen LogP contribution in [0.3, 0.4) is 0 Å². The molecule has 3 N–H and O–H groups in total. The van der Waals surface area contributed by atoms with E-state index in [9.17, 15) is 0 Å². The molecule has 1 aromatic rings. The Morgan fingerprint density at radius 2 is 2.08 bits per heavy atom. The van der Waals surface area contributed by atoms with Crippen molar-refractivity contribution in [3.05, 3.63) is 29.8 Å². The van der Waals surface area contributed by atoms with Gasteiger partial charge in [0.15, 0.2) is 0 Å². The lowest BCUT2D eigenvalue weighted by molar-refractivity contribution is 0.795. The first-order valence-electron chi connectivity index (χ1n) is 4.43. The number of nitrogens with one attached hydrogen (secondary N) is 1. The Kier molecular flexibility index (Phi) is 3.61. The van der Waals surface area contributed by atoms with Gasteiger partial charge in [0.25, 0.3) is 0 Å².